The van der Waals surface area contributed by atoms with E-state index < -0.39 is 0 Å². The minimum absolute atomic E-state index is 0. The van der Waals surface area contributed by atoms with Crippen molar-refractivity contribution in [3.8, 4) is 0 Å². The van der Waals surface area contributed by atoms with Gasteiger partial charge < -0.3 is 17.6 Å². The van der Waals surface area contributed by atoms with Crippen LogP contribution >= 0.6 is 0 Å². The summed E-state index contributed by atoms with van der Waals surface area (Å²) in [6.07, 6.45) is 3.09. The molecule has 1 aromatic heterocycles. The van der Waals surface area contributed by atoms with E-state index in [0.29, 0.717) is 5.69 Å². The fourth-order valence-corrected chi connectivity index (χ4v) is 0.428. The second kappa shape index (κ2) is 5.32. The molecule has 0 amide bonds. The molecule has 0 N–H and O–H groups in total. The third-order valence-electron chi connectivity index (χ3n) is 0.785. The molecule has 0 aromatic carbocycles. The van der Waals surface area contributed by atoms with Gasteiger partial charge in [-0.3, -0.25) is 6.07 Å². The van der Waals surface area contributed by atoms with Crippen LogP contribution in [0.2, 0.25) is 0 Å². The standard InChI is InChI=1S/C7H5N.K/c1-2-7-5-3-4-6-8-7;/h1-4,6H;/q-2;+1. The van der Waals surface area contributed by atoms with Gasteiger partial charge in [0.25, 0.3) is 0 Å². The molecule has 0 fully saturated rings. The molecule has 1 aromatic rings. The van der Waals surface area contributed by atoms with Gasteiger partial charge in [-0.05, 0) is 0 Å². The predicted octanol–water partition coefficient (Wildman–Crippen LogP) is -1.67. The van der Waals surface area contributed by atoms with Crippen molar-refractivity contribution in [2.45, 2.75) is 0 Å². The van der Waals surface area contributed by atoms with Crippen LogP contribution in [0.3, 0.4) is 0 Å². The molecule has 2 heteroatoms. The molecule has 0 atom stereocenters. The molecule has 0 aliphatic rings. The normalized spacial score (nSPS) is 7.56. The van der Waals surface area contributed by atoms with Crippen molar-refractivity contribution in [3.63, 3.8) is 0 Å². The van der Waals surface area contributed by atoms with Gasteiger partial charge in [-0.2, -0.15) is 6.07 Å². The van der Waals surface area contributed by atoms with Gasteiger partial charge in [0, 0.05) is 0 Å². The van der Waals surface area contributed by atoms with Crippen LogP contribution in [0.5, 0.6) is 0 Å². The Morgan fingerprint density at radius 3 is 2.78 bits per heavy atom. The summed E-state index contributed by atoms with van der Waals surface area (Å²) in [5.41, 5.74) is 0.688. The van der Waals surface area contributed by atoms with Crippen LogP contribution in [0.4, 0.5) is 0 Å². The third-order valence-corrected chi connectivity index (χ3v) is 0.785. The Labute approximate surface area is 97.6 Å². The number of rotatable bonds is 1. The first-order valence-electron chi connectivity index (χ1n) is 2.31. The SMILES string of the molecule is [CH-]=Cc1[c-]cccn1.[K+]. The van der Waals surface area contributed by atoms with E-state index >= 15 is 0 Å². The summed E-state index contributed by atoms with van der Waals surface area (Å²) < 4.78 is 0. The van der Waals surface area contributed by atoms with Crippen LogP contribution in [0, 0.1) is 12.6 Å². The Kier molecular flexibility index (Phi) is 5.63. The van der Waals surface area contributed by atoms with Crippen LogP contribution in [0.1, 0.15) is 5.69 Å². The molecule has 0 radical (unpaired) electrons. The summed E-state index contributed by atoms with van der Waals surface area (Å²) >= 11 is 0. The number of nitrogens with zero attached hydrogens (tertiary/aromatic N) is 1. The molecular formula is C7H5KN-. The Balaban J connectivity index is 0.000000640. The number of pyridine rings is 1. The van der Waals surface area contributed by atoms with Gasteiger partial charge >= 0.3 is 51.4 Å². The summed E-state index contributed by atoms with van der Waals surface area (Å²) in [5.74, 6) is 0. The topological polar surface area (TPSA) is 12.9 Å². The maximum atomic E-state index is 5.13. The molecular weight excluding hydrogens is 137 g/mol. The predicted molar refractivity (Wildman–Crippen MR) is 31.8 cm³/mol. The van der Waals surface area contributed by atoms with Crippen molar-refractivity contribution in [2.75, 3.05) is 0 Å². The second-order valence-corrected chi connectivity index (χ2v) is 1.33. The Morgan fingerprint density at radius 2 is 2.44 bits per heavy atom. The first-order chi connectivity index (χ1) is 3.93. The first kappa shape index (κ1) is 9.53. The van der Waals surface area contributed by atoms with Crippen molar-refractivity contribution >= 4 is 6.08 Å². The quantitative estimate of drug-likeness (QED) is 0.337. The average molecular weight is 142 g/mol. The molecule has 0 bridgehead atoms. The number of hydrogen-bond donors (Lipinski definition) is 0. The fraction of sp³-hybridized carbons (Fsp3) is 0. The van der Waals surface area contributed by atoms with E-state index in [1.807, 2.05) is 0 Å². The van der Waals surface area contributed by atoms with E-state index in [0.717, 1.165) is 0 Å². The molecule has 0 saturated heterocycles. The number of hydrogen-bond acceptors (Lipinski definition) is 1. The first-order valence-corrected chi connectivity index (χ1v) is 2.31. The molecule has 0 spiro atoms. The zero-order valence-corrected chi connectivity index (χ0v) is 8.46. The Morgan fingerprint density at radius 1 is 1.67 bits per heavy atom. The third kappa shape index (κ3) is 3.28. The van der Waals surface area contributed by atoms with Gasteiger partial charge in [-0.1, -0.05) is 6.20 Å². The van der Waals surface area contributed by atoms with Crippen molar-refractivity contribution in [3.05, 3.63) is 36.7 Å². The van der Waals surface area contributed by atoms with E-state index in [1.165, 1.54) is 6.08 Å². The number of aromatic nitrogens is 1. The van der Waals surface area contributed by atoms with Gasteiger partial charge in [0.15, 0.2) is 0 Å². The molecule has 9 heavy (non-hydrogen) atoms. The van der Waals surface area contributed by atoms with Gasteiger partial charge in [-0.15, -0.1) is 6.07 Å². The van der Waals surface area contributed by atoms with E-state index in [-0.39, 0.29) is 51.4 Å². The summed E-state index contributed by atoms with van der Waals surface area (Å²) in [6.45, 7) is 5.13. The van der Waals surface area contributed by atoms with Crippen LogP contribution in [0.15, 0.2) is 18.3 Å². The summed E-state index contributed by atoms with van der Waals surface area (Å²) in [6, 6.07) is 6.39. The summed E-state index contributed by atoms with van der Waals surface area (Å²) in [7, 11) is 0. The minimum atomic E-state index is 0. The maximum absolute atomic E-state index is 5.13. The zero-order chi connectivity index (χ0) is 5.82. The van der Waals surface area contributed by atoms with Crippen LogP contribution < -0.4 is 51.4 Å². The molecule has 1 rings (SSSR count). The van der Waals surface area contributed by atoms with Gasteiger partial charge in [0.1, 0.15) is 0 Å². The molecule has 40 valence electrons. The van der Waals surface area contributed by atoms with Crippen molar-refractivity contribution in [2.24, 2.45) is 0 Å². The Bertz CT molecular complexity index is 172. The summed E-state index contributed by atoms with van der Waals surface area (Å²) in [4.78, 5) is 3.86. The average Bonchev–Trinajstić information content (AvgIpc) is 1.90. The maximum Gasteiger partial charge on any atom is 1.00 e. The van der Waals surface area contributed by atoms with Crippen LogP contribution in [0.25, 0.3) is 6.08 Å². The molecule has 0 aliphatic carbocycles. The summed E-state index contributed by atoms with van der Waals surface area (Å²) in [5, 5.41) is 0. The fourth-order valence-electron chi connectivity index (χ4n) is 0.428. The van der Waals surface area contributed by atoms with Crippen LogP contribution in [-0.4, -0.2) is 4.98 Å². The molecule has 1 heterocycles. The van der Waals surface area contributed by atoms with Crippen molar-refractivity contribution in [1.82, 2.24) is 4.98 Å². The molecule has 1 nitrogen and oxygen atoms in total. The molecule has 0 saturated carbocycles. The smallest absolute Gasteiger partial charge is 0.390 e. The van der Waals surface area contributed by atoms with Gasteiger partial charge in [0.05, 0.1) is 0 Å². The van der Waals surface area contributed by atoms with Gasteiger partial charge in [0.2, 0.25) is 0 Å². The Hall–Kier alpha value is 0.526. The van der Waals surface area contributed by atoms with E-state index in [4.69, 9.17) is 6.58 Å². The van der Waals surface area contributed by atoms with Gasteiger partial charge in [-0.25, -0.2) is 5.69 Å². The monoisotopic (exact) mass is 142 g/mol. The van der Waals surface area contributed by atoms with E-state index in [9.17, 15) is 0 Å². The van der Waals surface area contributed by atoms with Crippen molar-refractivity contribution in [1.29, 1.82) is 0 Å². The molecule has 0 aliphatic heterocycles. The van der Waals surface area contributed by atoms with E-state index in [1.54, 1.807) is 18.3 Å². The largest absolute Gasteiger partial charge is 1.00 e. The van der Waals surface area contributed by atoms with Crippen LogP contribution in [-0.2, 0) is 0 Å². The second-order valence-electron chi connectivity index (χ2n) is 1.33. The zero-order valence-electron chi connectivity index (χ0n) is 5.33. The van der Waals surface area contributed by atoms with E-state index in [2.05, 4.69) is 11.1 Å². The minimum Gasteiger partial charge on any atom is -0.390 e. The molecule has 0 unspecified atom stereocenters. The van der Waals surface area contributed by atoms with Crippen molar-refractivity contribution < 1.29 is 51.4 Å².